The Hall–Kier alpha value is -0.800. The molecule has 62 valence electrons. The summed E-state index contributed by atoms with van der Waals surface area (Å²) in [5, 5.41) is 2.00. The summed E-state index contributed by atoms with van der Waals surface area (Å²) in [7, 11) is 0. The van der Waals surface area contributed by atoms with Crippen LogP contribution in [0.5, 0.6) is 0 Å². The molecule has 0 spiro atoms. The van der Waals surface area contributed by atoms with Crippen LogP contribution in [0.3, 0.4) is 0 Å². The van der Waals surface area contributed by atoms with Gasteiger partial charge < -0.3 is 4.42 Å². The van der Waals surface area contributed by atoms with E-state index < -0.39 is 0 Å². The number of oxazole rings is 1. The number of rotatable bonds is 2. The molecule has 12 heavy (non-hydrogen) atoms. The van der Waals surface area contributed by atoms with Gasteiger partial charge in [0.25, 0.3) is 0 Å². The average Bonchev–Trinajstić information content (AvgIpc) is 2.75. The zero-order valence-corrected chi connectivity index (χ0v) is 7.73. The smallest absolute Gasteiger partial charge is 0.209 e. The Labute approximate surface area is 78.8 Å². The molecule has 0 aliphatic rings. The van der Waals surface area contributed by atoms with Crippen molar-refractivity contribution in [2.75, 3.05) is 0 Å². The van der Waals surface area contributed by atoms with Crippen LogP contribution in [-0.2, 0) is 5.88 Å². The van der Waals surface area contributed by atoms with E-state index in [0.717, 1.165) is 10.6 Å². The van der Waals surface area contributed by atoms with Crippen molar-refractivity contribution >= 4 is 22.9 Å². The third-order valence-corrected chi connectivity index (χ3v) is 2.56. The van der Waals surface area contributed by atoms with Crippen LogP contribution in [0.1, 0.15) is 5.89 Å². The van der Waals surface area contributed by atoms with Crippen LogP contribution in [0.15, 0.2) is 28.2 Å². The quantitative estimate of drug-likeness (QED) is 0.695. The van der Waals surface area contributed by atoms with Crippen LogP contribution in [0.4, 0.5) is 0 Å². The van der Waals surface area contributed by atoms with Gasteiger partial charge in [-0.25, -0.2) is 4.98 Å². The lowest BCUT2D eigenvalue weighted by atomic mass is 10.4. The SMILES string of the molecule is ClCc1nc(-c2cccs2)co1. The molecule has 2 nitrogen and oxygen atoms in total. The highest BCUT2D eigenvalue weighted by atomic mass is 35.5. The van der Waals surface area contributed by atoms with E-state index in [4.69, 9.17) is 16.0 Å². The first kappa shape index (κ1) is 7.83. The van der Waals surface area contributed by atoms with Gasteiger partial charge in [-0.1, -0.05) is 6.07 Å². The summed E-state index contributed by atoms with van der Waals surface area (Å²) in [6.45, 7) is 0. The molecule has 0 N–H and O–H groups in total. The first-order chi connectivity index (χ1) is 5.90. The summed E-state index contributed by atoms with van der Waals surface area (Å²) < 4.78 is 5.10. The van der Waals surface area contributed by atoms with Crippen molar-refractivity contribution in [3.63, 3.8) is 0 Å². The molecule has 0 aliphatic heterocycles. The standard InChI is InChI=1S/C8H6ClNOS/c9-4-8-10-6(5-11-8)7-2-1-3-12-7/h1-3,5H,4H2. The molecule has 0 aliphatic carbocycles. The van der Waals surface area contributed by atoms with E-state index in [0.29, 0.717) is 11.8 Å². The molecule has 0 fully saturated rings. The largest absolute Gasteiger partial charge is 0.447 e. The molecular weight excluding hydrogens is 194 g/mol. The summed E-state index contributed by atoms with van der Waals surface area (Å²) in [4.78, 5) is 5.29. The van der Waals surface area contributed by atoms with Gasteiger partial charge in [0, 0.05) is 0 Å². The molecule has 0 aromatic carbocycles. The third-order valence-electron chi connectivity index (χ3n) is 1.44. The molecule has 0 unspecified atom stereocenters. The zero-order chi connectivity index (χ0) is 8.39. The fraction of sp³-hybridized carbons (Fsp3) is 0.125. The molecule has 2 heterocycles. The second-order valence-corrected chi connectivity index (χ2v) is 3.45. The number of aromatic nitrogens is 1. The maximum atomic E-state index is 5.55. The van der Waals surface area contributed by atoms with Crippen molar-refractivity contribution in [2.24, 2.45) is 0 Å². The molecular formula is C8H6ClNOS. The number of nitrogens with zero attached hydrogens (tertiary/aromatic N) is 1. The topological polar surface area (TPSA) is 26.0 Å². The van der Waals surface area contributed by atoms with Gasteiger partial charge in [-0.15, -0.1) is 22.9 Å². The maximum absolute atomic E-state index is 5.55. The van der Waals surface area contributed by atoms with Crippen molar-refractivity contribution in [2.45, 2.75) is 5.88 Å². The Morgan fingerprint density at radius 3 is 3.08 bits per heavy atom. The Kier molecular flexibility index (Phi) is 2.15. The molecule has 0 saturated heterocycles. The summed E-state index contributed by atoms with van der Waals surface area (Å²) >= 11 is 7.18. The van der Waals surface area contributed by atoms with Crippen molar-refractivity contribution in [3.05, 3.63) is 29.7 Å². The summed E-state index contributed by atoms with van der Waals surface area (Å²) in [6, 6.07) is 3.98. The molecule has 0 bridgehead atoms. The van der Waals surface area contributed by atoms with Gasteiger partial charge in [-0.05, 0) is 11.4 Å². The van der Waals surface area contributed by atoms with Crippen molar-refractivity contribution in [1.29, 1.82) is 0 Å². The van der Waals surface area contributed by atoms with E-state index in [2.05, 4.69) is 4.98 Å². The first-order valence-electron chi connectivity index (χ1n) is 3.44. The Balaban J connectivity index is 2.35. The van der Waals surface area contributed by atoms with Gasteiger partial charge in [0.05, 0.1) is 10.8 Å². The minimum absolute atomic E-state index is 0.325. The van der Waals surface area contributed by atoms with Crippen LogP contribution in [0, 0.1) is 0 Å². The molecule has 0 amide bonds. The molecule has 2 aromatic rings. The predicted octanol–water partition coefficient (Wildman–Crippen LogP) is 3.14. The van der Waals surface area contributed by atoms with Gasteiger partial charge in [-0.2, -0.15) is 0 Å². The average molecular weight is 200 g/mol. The summed E-state index contributed by atoms with van der Waals surface area (Å²) in [5.74, 6) is 0.894. The van der Waals surface area contributed by atoms with Crippen LogP contribution < -0.4 is 0 Å². The summed E-state index contributed by atoms with van der Waals surface area (Å²) in [6.07, 6.45) is 1.63. The van der Waals surface area contributed by atoms with E-state index in [9.17, 15) is 0 Å². The van der Waals surface area contributed by atoms with E-state index in [-0.39, 0.29) is 0 Å². The Bertz CT molecular complexity index is 355. The van der Waals surface area contributed by atoms with Gasteiger partial charge in [-0.3, -0.25) is 0 Å². The molecule has 0 saturated carbocycles. The van der Waals surface area contributed by atoms with E-state index in [1.807, 2.05) is 17.5 Å². The Morgan fingerprint density at radius 1 is 1.58 bits per heavy atom. The number of thiophene rings is 1. The number of hydrogen-bond donors (Lipinski definition) is 0. The third kappa shape index (κ3) is 1.38. The fourth-order valence-electron chi connectivity index (χ4n) is 0.910. The molecule has 2 rings (SSSR count). The monoisotopic (exact) mass is 199 g/mol. The van der Waals surface area contributed by atoms with Gasteiger partial charge in [0.15, 0.2) is 0 Å². The zero-order valence-electron chi connectivity index (χ0n) is 6.16. The lowest BCUT2D eigenvalue weighted by Crippen LogP contribution is -1.75. The van der Waals surface area contributed by atoms with Crippen molar-refractivity contribution in [3.8, 4) is 10.6 Å². The van der Waals surface area contributed by atoms with Gasteiger partial charge in [0.2, 0.25) is 5.89 Å². The highest BCUT2D eigenvalue weighted by Crippen LogP contribution is 2.23. The number of alkyl halides is 1. The fourth-order valence-corrected chi connectivity index (χ4v) is 1.71. The minimum Gasteiger partial charge on any atom is -0.447 e. The second kappa shape index (κ2) is 3.29. The van der Waals surface area contributed by atoms with Crippen molar-refractivity contribution < 1.29 is 4.42 Å². The van der Waals surface area contributed by atoms with E-state index >= 15 is 0 Å². The van der Waals surface area contributed by atoms with Gasteiger partial charge >= 0.3 is 0 Å². The first-order valence-corrected chi connectivity index (χ1v) is 4.86. The number of halogens is 1. The summed E-state index contributed by atoms with van der Waals surface area (Å²) in [5.41, 5.74) is 0.862. The van der Waals surface area contributed by atoms with Crippen molar-refractivity contribution in [1.82, 2.24) is 4.98 Å². The van der Waals surface area contributed by atoms with Crippen LogP contribution >= 0.6 is 22.9 Å². The molecule has 0 atom stereocenters. The van der Waals surface area contributed by atoms with Crippen LogP contribution in [0.25, 0.3) is 10.6 Å². The highest BCUT2D eigenvalue weighted by Gasteiger charge is 2.04. The maximum Gasteiger partial charge on any atom is 0.209 e. The Morgan fingerprint density at radius 2 is 2.50 bits per heavy atom. The highest BCUT2D eigenvalue weighted by molar-refractivity contribution is 7.13. The second-order valence-electron chi connectivity index (χ2n) is 2.24. The molecule has 2 aromatic heterocycles. The number of hydrogen-bond acceptors (Lipinski definition) is 3. The van der Waals surface area contributed by atoms with Gasteiger partial charge in [0.1, 0.15) is 12.0 Å². The van der Waals surface area contributed by atoms with E-state index in [1.165, 1.54) is 0 Å². The molecule has 0 radical (unpaired) electrons. The lowest BCUT2D eigenvalue weighted by molar-refractivity contribution is 0.516. The van der Waals surface area contributed by atoms with Crippen LogP contribution in [0.2, 0.25) is 0 Å². The molecule has 4 heteroatoms. The normalized spacial score (nSPS) is 10.4. The lowest BCUT2D eigenvalue weighted by Gasteiger charge is -1.83. The predicted molar refractivity (Wildman–Crippen MR) is 49.4 cm³/mol. The van der Waals surface area contributed by atoms with Crippen LogP contribution in [-0.4, -0.2) is 4.98 Å². The van der Waals surface area contributed by atoms with E-state index in [1.54, 1.807) is 17.6 Å². The minimum atomic E-state index is 0.325.